The molecule has 0 radical (unpaired) electrons. The van der Waals surface area contributed by atoms with Crippen molar-refractivity contribution >= 4 is 16.9 Å². The van der Waals surface area contributed by atoms with Gasteiger partial charge in [0.05, 0.1) is 6.61 Å². The fourth-order valence-corrected chi connectivity index (χ4v) is 2.29. The van der Waals surface area contributed by atoms with Gasteiger partial charge in [0.1, 0.15) is 6.61 Å². The first-order chi connectivity index (χ1) is 11.7. The Morgan fingerprint density at radius 3 is 2.52 bits per heavy atom. The van der Waals surface area contributed by atoms with E-state index in [0.717, 1.165) is 16.9 Å². The fraction of sp³-hybridized carbons (Fsp3) is 0.294. The number of nitrogens with zero attached hydrogens (tertiary/aromatic N) is 4. The van der Waals surface area contributed by atoms with E-state index in [1.165, 1.54) is 0 Å². The Kier molecular flexibility index (Phi) is 6.44. The van der Waals surface area contributed by atoms with Gasteiger partial charge in [0, 0.05) is 32.5 Å². The highest BCUT2D eigenvalue weighted by Crippen LogP contribution is 2.25. The molecule has 0 bridgehead atoms. The molecule has 0 saturated carbocycles. The van der Waals surface area contributed by atoms with Crippen molar-refractivity contribution in [1.82, 2.24) is 15.0 Å². The van der Waals surface area contributed by atoms with E-state index in [0.29, 0.717) is 30.3 Å². The van der Waals surface area contributed by atoms with Crippen molar-refractivity contribution in [3.63, 3.8) is 0 Å². The van der Waals surface area contributed by atoms with Gasteiger partial charge in [0.2, 0.25) is 6.33 Å². The predicted octanol–water partition coefficient (Wildman–Crippen LogP) is -1.40. The second-order valence-electron chi connectivity index (χ2n) is 5.44. The number of hydrogen-bond acceptors (Lipinski definition) is 6. The van der Waals surface area contributed by atoms with E-state index in [2.05, 4.69) is 24.8 Å². The van der Waals surface area contributed by atoms with Gasteiger partial charge in [0.15, 0.2) is 17.4 Å². The van der Waals surface area contributed by atoms with Crippen molar-refractivity contribution in [2.75, 3.05) is 39.3 Å². The number of anilines is 1. The van der Waals surface area contributed by atoms with Crippen molar-refractivity contribution in [3.05, 3.63) is 36.8 Å². The summed E-state index contributed by atoms with van der Waals surface area (Å²) in [5.41, 5.74) is 4.20. The van der Waals surface area contributed by atoms with E-state index in [1.54, 1.807) is 19.6 Å². The molecular weight excluding hydrogens is 342 g/mol. The van der Waals surface area contributed by atoms with E-state index in [-0.39, 0.29) is 12.4 Å². The number of aromatic amines is 1. The lowest BCUT2D eigenvalue weighted by atomic mass is 10.1. The third-order valence-corrected chi connectivity index (χ3v) is 3.56. The molecule has 0 aliphatic rings. The van der Waals surface area contributed by atoms with Crippen molar-refractivity contribution in [2.24, 2.45) is 0 Å². The number of benzene rings is 1. The van der Waals surface area contributed by atoms with Gasteiger partial charge in [-0.25, -0.2) is 9.97 Å². The Labute approximate surface area is 152 Å². The summed E-state index contributed by atoms with van der Waals surface area (Å²) in [6, 6.07) is 8.15. The summed E-state index contributed by atoms with van der Waals surface area (Å²) < 4.78 is 10.5. The Bertz CT molecular complexity index is 827. The standard InChI is InChI=1S/C17H19N5O2.ClH/c1-22(2)13-6-4-12(5-7-13)15-16-17(20-11-19-15)18-10-14(21-16)24-9-8-23-3;/h4-7,10-11H,8-9H2,1-3H3;1H. The molecule has 1 N–H and O–H groups in total. The third kappa shape index (κ3) is 4.32. The summed E-state index contributed by atoms with van der Waals surface area (Å²) in [5, 5.41) is 0. The van der Waals surface area contributed by atoms with E-state index < -0.39 is 0 Å². The van der Waals surface area contributed by atoms with Crippen LogP contribution in [0.25, 0.3) is 22.4 Å². The average Bonchev–Trinajstić information content (AvgIpc) is 2.61. The zero-order valence-electron chi connectivity index (χ0n) is 14.4. The fourth-order valence-electron chi connectivity index (χ4n) is 2.29. The van der Waals surface area contributed by atoms with Crippen LogP contribution in [0.1, 0.15) is 0 Å². The number of aromatic nitrogens is 4. The quantitative estimate of drug-likeness (QED) is 0.503. The molecule has 132 valence electrons. The maximum absolute atomic E-state index is 5.55. The molecule has 25 heavy (non-hydrogen) atoms. The maximum Gasteiger partial charge on any atom is 0.289 e. The van der Waals surface area contributed by atoms with Crippen LogP contribution in [0.4, 0.5) is 5.69 Å². The van der Waals surface area contributed by atoms with E-state index in [4.69, 9.17) is 9.47 Å². The zero-order valence-corrected chi connectivity index (χ0v) is 15.1. The molecule has 0 unspecified atom stereocenters. The molecule has 0 aliphatic carbocycles. The Morgan fingerprint density at radius 2 is 1.84 bits per heavy atom. The summed E-state index contributed by atoms with van der Waals surface area (Å²) in [5.74, 6) is 0.451. The molecule has 1 aromatic carbocycles. The topological polar surface area (TPSA) is 74.5 Å². The molecule has 3 aromatic rings. The van der Waals surface area contributed by atoms with Crippen molar-refractivity contribution in [1.29, 1.82) is 0 Å². The van der Waals surface area contributed by atoms with Crippen molar-refractivity contribution in [3.8, 4) is 17.1 Å². The largest absolute Gasteiger partial charge is 1.00 e. The van der Waals surface area contributed by atoms with E-state index in [1.807, 2.05) is 38.4 Å². The minimum atomic E-state index is 0. The highest BCUT2D eigenvalue weighted by molar-refractivity contribution is 5.85. The van der Waals surface area contributed by atoms with Gasteiger partial charge in [0.25, 0.3) is 11.5 Å². The molecule has 3 rings (SSSR count). The number of nitrogens with one attached hydrogen (secondary N) is 1. The lowest BCUT2D eigenvalue weighted by Gasteiger charge is -2.12. The van der Waals surface area contributed by atoms with E-state index >= 15 is 0 Å². The van der Waals surface area contributed by atoms with Crippen LogP contribution in [0.5, 0.6) is 5.88 Å². The molecule has 0 atom stereocenters. The number of rotatable bonds is 6. The van der Waals surface area contributed by atoms with Crippen LogP contribution >= 0.6 is 0 Å². The van der Waals surface area contributed by atoms with Gasteiger partial charge in [-0.3, -0.25) is 0 Å². The molecule has 0 fully saturated rings. The molecule has 0 spiro atoms. The molecule has 2 aromatic heterocycles. The van der Waals surface area contributed by atoms with Crippen LogP contribution in [0.2, 0.25) is 0 Å². The van der Waals surface area contributed by atoms with Gasteiger partial charge >= 0.3 is 0 Å². The Balaban J connectivity index is 0.00000225. The minimum absolute atomic E-state index is 0. The highest BCUT2D eigenvalue weighted by Gasteiger charge is 2.16. The second-order valence-corrected chi connectivity index (χ2v) is 5.44. The minimum Gasteiger partial charge on any atom is -1.00 e. The number of halogens is 1. The van der Waals surface area contributed by atoms with E-state index in [9.17, 15) is 0 Å². The number of fused-ring (bicyclic) bond motifs is 1. The van der Waals surface area contributed by atoms with Gasteiger partial charge in [-0.15, -0.1) is 9.97 Å². The summed E-state index contributed by atoms with van der Waals surface area (Å²) in [6.07, 6.45) is 3.21. The predicted molar refractivity (Wildman–Crippen MR) is 91.0 cm³/mol. The van der Waals surface area contributed by atoms with Crippen LogP contribution in [-0.4, -0.2) is 49.4 Å². The summed E-state index contributed by atoms with van der Waals surface area (Å²) in [6.45, 7) is 0.922. The van der Waals surface area contributed by atoms with Crippen LogP contribution in [-0.2, 0) is 4.74 Å². The molecule has 7 nitrogen and oxygen atoms in total. The lowest BCUT2D eigenvalue weighted by Crippen LogP contribution is -3.00. The molecule has 0 saturated heterocycles. The van der Waals surface area contributed by atoms with Gasteiger partial charge in [-0.05, 0) is 24.3 Å². The van der Waals surface area contributed by atoms with Crippen molar-refractivity contribution in [2.45, 2.75) is 0 Å². The molecule has 0 amide bonds. The maximum atomic E-state index is 5.55. The molecule has 2 heterocycles. The van der Waals surface area contributed by atoms with Crippen LogP contribution < -0.4 is 27.0 Å². The third-order valence-electron chi connectivity index (χ3n) is 3.56. The molecule has 0 aliphatic heterocycles. The SMILES string of the molecule is COCCOc1cnc2[nH+]cnc(-c3ccc(N(C)C)cc3)c2n1.[Cl-]. The zero-order chi connectivity index (χ0) is 16.9. The summed E-state index contributed by atoms with van der Waals surface area (Å²) in [7, 11) is 5.65. The lowest BCUT2D eigenvalue weighted by molar-refractivity contribution is -0.352. The van der Waals surface area contributed by atoms with Crippen LogP contribution in [0.15, 0.2) is 36.8 Å². The number of H-pyrrole nitrogens is 1. The van der Waals surface area contributed by atoms with Crippen LogP contribution in [0.3, 0.4) is 0 Å². The van der Waals surface area contributed by atoms with Crippen LogP contribution in [0, 0.1) is 0 Å². The molecule has 8 heteroatoms. The number of hydrogen-bond donors (Lipinski definition) is 0. The summed E-state index contributed by atoms with van der Waals surface area (Å²) in [4.78, 5) is 18.4. The second kappa shape index (κ2) is 8.55. The first-order valence-corrected chi connectivity index (χ1v) is 7.62. The first-order valence-electron chi connectivity index (χ1n) is 7.62. The van der Waals surface area contributed by atoms with Gasteiger partial charge in [-0.1, -0.05) is 0 Å². The van der Waals surface area contributed by atoms with Crippen molar-refractivity contribution < 1.29 is 26.9 Å². The van der Waals surface area contributed by atoms with Gasteiger partial charge < -0.3 is 26.8 Å². The number of methoxy groups -OCH3 is 1. The Hall–Kier alpha value is -2.51. The Morgan fingerprint density at radius 1 is 1.08 bits per heavy atom. The normalized spacial score (nSPS) is 10.4. The monoisotopic (exact) mass is 361 g/mol. The van der Waals surface area contributed by atoms with Gasteiger partial charge in [-0.2, -0.15) is 0 Å². The smallest absolute Gasteiger partial charge is 0.289 e. The highest BCUT2D eigenvalue weighted by atomic mass is 35.5. The first kappa shape index (κ1) is 18.8. The molecular formula is C17H20ClN5O2. The number of ether oxygens (including phenoxy) is 2. The average molecular weight is 362 g/mol. The summed E-state index contributed by atoms with van der Waals surface area (Å²) >= 11 is 0.